The molecule has 0 atom stereocenters. The van der Waals surface area contributed by atoms with Gasteiger partial charge in [0.1, 0.15) is 17.1 Å². The highest BCUT2D eigenvalue weighted by atomic mass is 16.3. The zero-order valence-corrected chi connectivity index (χ0v) is 13.5. The summed E-state index contributed by atoms with van der Waals surface area (Å²) in [7, 11) is 0. The molecule has 26 heavy (non-hydrogen) atoms. The predicted octanol–water partition coefficient (Wildman–Crippen LogP) is 3.15. The van der Waals surface area contributed by atoms with E-state index in [1.807, 2.05) is 30.3 Å². The van der Waals surface area contributed by atoms with Crippen LogP contribution < -0.4 is 5.56 Å². The fourth-order valence-corrected chi connectivity index (χ4v) is 2.92. The largest absolute Gasteiger partial charge is 0.508 e. The van der Waals surface area contributed by atoms with Crippen LogP contribution in [-0.2, 0) is 0 Å². The van der Waals surface area contributed by atoms with Gasteiger partial charge in [0.25, 0.3) is 5.56 Å². The van der Waals surface area contributed by atoms with Gasteiger partial charge in [-0.25, -0.2) is 9.38 Å². The molecule has 6 heteroatoms. The highest BCUT2D eigenvalue weighted by Gasteiger charge is 2.18. The number of nitrogens with zero attached hydrogens (tertiary/aromatic N) is 2. The molecule has 128 valence electrons. The van der Waals surface area contributed by atoms with Crippen LogP contribution in [0.4, 0.5) is 0 Å². The summed E-state index contributed by atoms with van der Waals surface area (Å²) in [5.74, 6) is -0.514. The average molecular weight is 346 g/mol. The minimum absolute atomic E-state index is 0.0802. The van der Waals surface area contributed by atoms with E-state index in [1.54, 1.807) is 12.1 Å². The van der Waals surface area contributed by atoms with Crippen LogP contribution in [0.1, 0.15) is 0 Å². The van der Waals surface area contributed by atoms with Crippen LogP contribution >= 0.6 is 0 Å². The number of hydrogen-bond acceptors (Lipinski definition) is 5. The van der Waals surface area contributed by atoms with E-state index >= 15 is 0 Å². The molecule has 0 amide bonds. The van der Waals surface area contributed by atoms with Crippen LogP contribution in [0.15, 0.2) is 71.5 Å². The third-order valence-electron chi connectivity index (χ3n) is 4.10. The zero-order valence-electron chi connectivity index (χ0n) is 13.5. The highest BCUT2D eigenvalue weighted by Crippen LogP contribution is 2.31. The molecule has 0 radical (unpaired) electrons. The quantitative estimate of drug-likeness (QED) is 0.518. The van der Waals surface area contributed by atoms with Crippen molar-refractivity contribution in [3.05, 3.63) is 77.1 Å². The van der Waals surface area contributed by atoms with Gasteiger partial charge >= 0.3 is 0 Å². The molecule has 6 nitrogen and oxygen atoms in total. The molecular weight excluding hydrogens is 332 g/mol. The van der Waals surface area contributed by atoms with Crippen molar-refractivity contribution in [2.24, 2.45) is 0 Å². The maximum Gasteiger partial charge on any atom is 0.269 e. The normalized spacial score (nSPS) is 10.9. The summed E-state index contributed by atoms with van der Waals surface area (Å²) < 4.78 is 1.04. The molecule has 0 aliphatic carbocycles. The lowest BCUT2D eigenvalue weighted by molar-refractivity contribution is 0.427. The molecular formula is C20H14N2O4. The van der Waals surface area contributed by atoms with E-state index in [2.05, 4.69) is 4.98 Å². The van der Waals surface area contributed by atoms with Gasteiger partial charge in [0.15, 0.2) is 0 Å². The fourth-order valence-electron chi connectivity index (χ4n) is 2.92. The topological polar surface area (TPSA) is 95.1 Å². The first-order valence-electron chi connectivity index (χ1n) is 7.88. The second kappa shape index (κ2) is 5.93. The summed E-state index contributed by atoms with van der Waals surface area (Å²) in [5.41, 5.74) is 1.64. The van der Waals surface area contributed by atoms with E-state index in [0.717, 1.165) is 16.0 Å². The first kappa shape index (κ1) is 15.7. The summed E-state index contributed by atoms with van der Waals surface area (Å²) in [6.07, 6.45) is 0. The van der Waals surface area contributed by atoms with E-state index in [1.165, 1.54) is 18.2 Å². The van der Waals surface area contributed by atoms with Gasteiger partial charge in [-0.15, -0.1) is 0 Å². The summed E-state index contributed by atoms with van der Waals surface area (Å²) in [6, 6.07) is 17.8. The van der Waals surface area contributed by atoms with Crippen molar-refractivity contribution < 1.29 is 15.3 Å². The lowest BCUT2D eigenvalue weighted by Crippen LogP contribution is -2.19. The minimum atomic E-state index is -0.475. The monoisotopic (exact) mass is 346 g/mol. The van der Waals surface area contributed by atoms with Gasteiger partial charge in [0.2, 0.25) is 5.88 Å². The number of phenols is 1. The van der Waals surface area contributed by atoms with Crippen LogP contribution in [0.2, 0.25) is 0 Å². The Labute approximate surface area is 147 Å². The second-order valence-corrected chi connectivity index (χ2v) is 5.82. The molecule has 4 aromatic rings. The lowest BCUT2D eigenvalue weighted by atomic mass is 10.00. The van der Waals surface area contributed by atoms with Crippen LogP contribution in [-0.4, -0.2) is 24.7 Å². The van der Waals surface area contributed by atoms with Crippen molar-refractivity contribution in [3.8, 4) is 39.8 Å². The van der Waals surface area contributed by atoms with Gasteiger partial charge in [-0.2, -0.15) is 0 Å². The summed E-state index contributed by atoms with van der Waals surface area (Å²) >= 11 is 0. The molecule has 2 aromatic heterocycles. The van der Waals surface area contributed by atoms with Gasteiger partial charge in [-0.05, 0) is 17.7 Å². The van der Waals surface area contributed by atoms with E-state index in [0.29, 0.717) is 11.3 Å². The standard InChI is InChI=1S/C20H14N2O4/c23-14-8-6-12(7-9-14)18-19(13-4-2-1-3-5-13)21-16-10-15(24)11-17(25)22(16)20(18)26/h1-11,23-25H. The molecule has 0 unspecified atom stereocenters. The van der Waals surface area contributed by atoms with Crippen LogP contribution in [0, 0.1) is 0 Å². The molecule has 2 aromatic carbocycles. The smallest absolute Gasteiger partial charge is 0.269 e. The number of aromatic nitrogens is 2. The van der Waals surface area contributed by atoms with Crippen molar-refractivity contribution in [3.63, 3.8) is 0 Å². The number of rotatable bonds is 2. The Kier molecular flexibility index (Phi) is 3.58. The predicted molar refractivity (Wildman–Crippen MR) is 97.3 cm³/mol. The molecule has 0 saturated carbocycles. The van der Waals surface area contributed by atoms with E-state index in [4.69, 9.17) is 0 Å². The molecule has 2 heterocycles. The number of pyridine rings is 1. The van der Waals surface area contributed by atoms with Crippen molar-refractivity contribution in [1.29, 1.82) is 0 Å². The lowest BCUT2D eigenvalue weighted by Gasteiger charge is -2.12. The van der Waals surface area contributed by atoms with Gasteiger partial charge in [0, 0.05) is 17.7 Å². The second-order valence-electron chi connectivity index (χ2n) is 5.82. The number of aromatic hydroxyl groups is 3. The van der Waals surface area contributed by atoms with Crippen molar-refractivity contribution in [1.82, 2.24) is 9.38 Å². The Morgan fingerprint density at radius 3 is 2.15 bits per heavy atom. The minimum Gasteiger partial charge on any atom is -0.508 e. The first-order chi connectivity index (χ1) is 12.5. The highest BCUT2D eigenvalue weighted by molar-refractivity contribution is 5.82. The molecule has 4 rings (SSSR count). The number of benzene rings is 2. The molecule has 0 fully saturated rings. The summed E-state index contributed by atoms with van der Waals surface area (Å²) in [5, 5.41) is 29.4. The maximum atomic E-state index is 13.2. The van der Waals surface area contributed by atoms with Crippen molar-refractivity contribution >= 4 is 5.65 Å². The molecule has 0 spiro atoms. The van der Waals surface area contributed by atoms with Crippen LogP contribution in [0.3, 0.4) is 0 Å². The molecule has 0 saturated heterocycles. The zero-order chi connectivity index (χ0) is 18.3. The number of hydrogen-bond donors (Lipinski definition) is 3. The van der Waals surface area contributed by atoms with Crippen molar-refractivity contribution in [2.45, 2.75) is 0 Å². The van der Waals surface area contributed by atoms with E-state index < -0.39 is 11.4 Å². The van der Waals surface area contributed by atoms with Crippen LogP contribution in [0.25, 0.3) is 28.0 Å². The van der Waals surface area contributed by atoms with Crippen molar-refractivity contribution in [2.75, 3.05) is 0 Å². The van der Waals surface area contributed by atoms with E-state index in [-0.39, 0.29) is 22.7 Å². The summed E-state index contributed by atoms with van der Waals surface area (Å²) in [6.45, 7) is 0. The molecule has 0 aliphatic heterocycles. The summed E-state index contributed by atoms with van der Waals surface area (Å²) in [4.78, 5) is 17.7. The molecule has 0 aliphatic rings. The fraction of sp³-hybridized carbons (Fsp3) is 0. The number of phenolic OH excluding ortho intramolecular Hbond substituents is 1. The van der Waals surface area contributed by atoms with Gasteiger partial charge in [-0.1, -0.05) is 42.5 Å². The molecule has 0 bridgehead atoms. The number of fused-ring (bicyclic) bond motifs is 1. The molecule has 3 N–H and O–H groups in total. The average Bonchev–Trinajstić information content (AvgIpc) is 2.62. The Morgan fingerprint density at radius 2 is 1.46 bits per heavy atom. The Balaban J connectivity index is 2.15. The Bertz CT molecular complexity index is 1170. The Morgan fingerprint density at radius 1 is 0.769 bits per heavy atom. The SMILES string of the molecule is O=c1c(-c2ccc(O)cc2)c(-c2ccccc2)nc2cc(O)cc(O)n12. The first-order valence-corrected chi connectivity index (χ1v) is 7.88. The van der Waals surface area contributed by atoms with E-state index in [9.17, 15) is 20.1 Å². The Hall–Kier alpha value is -3.80. The maximum absolute atomic E-state index is 13.2. The third kappa shape index (κ3) is 2.53. The van der Waals surface area contributed by atoms with Gasteiger partial charge in [0.05, 0.1) is 11.3 Å². The third-order valence-corrected chi connectivity index (χ3v) is 4.10. The van der Waals surface area contributed by atoms with Gasteiger partial charge < -0.3 is 15.3 Å². The van der Waals surface area contributed by atoms with Crippen LogP contribution in [0.5, 0.6) is 17.4 Å². The van der Waals surface area contributed by atoms with Gasteiger partial charge in [-0.3, -0.25) is 4.79 Å².